The van der Waals surface area contributed by atoms with Crippen molar-refractivity contribution in [2.24, 2.45) is 5.92 Å². The lowest BCUT2D eigenvalue weighted by molar-refractivity contribution is 0.0477. The molecule has 22 heavy (non-hydrogen) atoms. The molecule has 0 aromatic carbocycles. The van der Waals surface area contributed by atoms with Gasteiger partial charge >= 0.3 is 0 Å². The molecule has 2 heterocycles. The summed E-state index contributed by atoms with van der Waals surface area (Å²) in [6.07, 6.45) is 2.72. The standard InChI is InChI=1S/C17H29N3O2/c1-14(11-17(2,3)21)13-19-7-9-20(10-8-19)15-5-6-16(22-4)18-12-15/h5-6,12,14,21H,7-11,13H2,1-4H3. The Bertz CT molecular complexity index is 448. The molecule has 0 amide bonds. The predicted octanol–water partition coefficient (Wildman–Crippen LogP) is 2.01. The lowest BCUT2D eigenvalue weighted by Gasteiger charge is -2.37. The Morgan fingerprint density at radius 1 is 1.27 bits per heavy atom. The van der Waals surface area contributed by atoms with Gasteiger partial charge in [-0.1, -0.05) is 6.92 Å². The van der Waals surface area contributed by atoms with E-state index in [4.69, 9.17) is 4.74 Å². The molecule has 1 atom stereocenters. The number of methoxy groups -OCH3 is 1. The summed E-state index contributed by atoms with van der Waals surface area (Å²) in [6, 6.07) is 3.98. The molecule has 1 aromatic heterocycles. The number of nitrogens with zero attached hydrogens (tertiary/aromatic N) is 3. The molecule has 0 radical (unpaired) electrons. The van der Waals surface area contributed by atoms with Gasteiger partial charge in [0.2, 0.25) is 5.88 Å². The van der Waals surface area contributed by atoms with Gasteiger partial charge in [-0.2, -0.15) is 0 Å². The highest BCUT2D eigenvalue weighted by molar-refractivity contribution is 5.45. The average Bonchev–Trinajstić information content (AvgIpc) is 2.46. The smallest absolute Gasteiger partial charge is 0.213 e. The fourth-order valence-electron chi connectivity index (χ4n) is 3.23. The third-order valence-corrected chi connectivity index (χ3v) is 4.09. The van der Waals surface area contributed by atoms with Crippen LogP contribution in [0.1, 0.15) is 27.2 Å². The van der Waals surface area contributed by atoms with Gasteiger partial charge in [0.05, 0.1) is 24.6 Å². The van der Waals surface area contributed by atoms with Crippen LogP contribution in [-0.2, 0) is 0 Å². The SMILES string of the molecule is COc1ccc(N2CCN(CC(C)CC(C)(C)O)CC2)cn1. The molecule has 0 saturated carbocycles. The predicted molar refractivity (Wildman–Crippen MR) is 89.5 cm³/mol. The van der Waals surface area contributed by atoms with E-state index >= 15 is 0 Å². The molecule has 0 aliphatic carbocycles. The summed E-state index contributed by atoms with van der Waals surface area (Å²) >= 11 is 0. The Hall–Kier alpha value is -1.33. The first kappa shape index (κ1) is 17.0. The highest BCUT2D eigenvalue weighted by Gasteiger charge is 2.22. The van der Waals surface area contributed by atoms with Crippen molar-refractivity contribution in [2.75, 3.05) is 44.7 Å². The van der Waals surface area contributed by atoms with Crippen LogP contribution in [0.3, 0.4) is 0 Å². The molecule has 5 heteroatoms. The van der Waals surface area contributed by atoms with Crippen molar-refractivity contribution in [3.63, 3.8) is 0 Å². The number of pyridine rings is 1. The van der Waals surface area contributed by atoms with Crippen LogP contribution in [0, 0.1) is 5.92 Å². The van der Waals surface area contributed by atoms with Crippen molar-refractivity contribution in [1.29, 1.82) is 0 Å². The zero-order valence-corrected chi connectivity index (χ0v) is 14.2. The van der Waals surface area contributed by atoms with Gasteiger partial charge in [-0.05, 0) is 32.3 Å². The highest BCUT2D eigenvalue weighted by Crippen LogP contribution is 2.20. The first-order valence-corrected chi connectivity index (χ1v) is 8.07. The van der Waals surface area contributed by atoms with Crippen molar-refractivity contribution >= 4 is 5.69 Å². The Morgan fingerprint density at radius 3 is 2.45 bits per heavy atom. The molecule has 1 fully saturated rings. The van der Waals surface area contributed by atoms with Gasteiger partial charge in [0.15, 0.2) is 0 Å². The maximum absolute atomic E-state index is 9.91. The number of aromatic nitrogens is 1. The minimum atomic E-state index is -0.573. The van der Waals surface area contributed by atoms with Gasteiger partial charge < -0.3 is 14.7 Å². The van der Waals surface area contributed by atoms with Crippen LogP contribution >= 0.6 is 0 Å². The van der Waals surface area contributed by atoms with Crippen LogP contribution in [-0.4, -0.2) is 60.4 Å². The first-order valence-electron chi connectivity index (χ1n) is 8.07. The number of anilines is 1. The van der Waals surface area contributed by atoms with Crippen molar-refractivity contribution in [3.8, 4) is 5.88 Å². The highest BCUT2D eigenvalue weighted by atomic mass is 16.5. The molecular formula is C17H29N3O2. The summed E-state index contributed by atoms with van der Waals surface area (Å²) in [7, 11) is 1.63. The van der Waals surface area contributed by atoms with Crippen LogP contribution in [0.2, 0.25) is 0 Å². The van der Waals surface area contributed by atoms with Crippen LogP contribution in [0.4, 0.5) is 5.69 Å². The van der Waals surface area contributed by atoms with E-state index in [1.165, 1.54) is 0 Å². The molecule has 5 nitrogen and oxygen atoms in total. The number of hydrogen-bond donors (Lipinski definition) is 1. The monoisotopic (exact) mass is 307 g/mol. The van der Waals surface area contributed by atoms with E-state index in [2.05, 4.69) is 27.8 Å². The maximum Gasteiger partial charge on any atom is 0.213 e. The summed E-state index contributed by atoms with van der Waals surface area (Å²) < 4.78 is 5.10. The Balaban J connectivity index is 1.80. The van der Waals surface area contributed by atoms with Gasteiger partial charge in [-0.25, -0.2) is 4.98 Å². The van der Waals surface area contributed by atoms with E-state index in [-0.39, 0.29) is 0 Å². The number of hydrogen-bond acceptors (Lipinski definition) is 5. The lowest BCUT2D eigenvalue weighted by Crippen LogP contribution is -2.48. The zero-order chi connectivity index (χ0) is 16.2. The largest absolute Gasteiger partial charge is 0.481 e. The normalized spacial score (nSPS) is 18.3. The Kier molecular flexibility index (Phi) is 5.64. The average molecular weight is 307 g/mol. The molecule has 1 unspecified atom stereocenters. The van der Waals surface area contributed by atoms with Crippen LogP contribution < -0.4 is 9.64 Å². The Morgan fingerprint density at radius 2 is 1.95 bits per heavy atom. The number of rotatable bonds is 6. The zero-order valence-electron chi connectivity index (χ0n) is 14.2. The minimum Gasteiger partial charge on any atom is -0.481 e. The molecule has 2 rings (SSSR count). The minimum absolute atomic E-state index is 0.509. The van der Waals surface area contributed by atoms with E-state index in [0.29, 0.717) is 11.8 Å². The van der Waals surface area contributed by atoms with E-state index in [9.17, 15) is 5.11 Å². The fraction of sp³-hybridized carbons (Fsp3) is 0.706. The van der Waals surface area contributed by atoms with Crippen molar-refractivity contribution in [1.82, 2.24) is 9.88 Å². The molecule has 1 N–H and O–H groups in total. The van der Waals surface area contributed by atoms with Crippen LogP contribution in [0.25, 0.3) is 0 Å². The first-order chi connectivity index (χ1) is 10.4. The van der Waals surface area contributed by atoms with Crippen molar-refractivity contribution in [2.45, 2.75) is 32.8 Å². The van der Waals surface area contributed by atoms with Gasteiger partial charge in [-0.3, -0.25) is 4.90 Å². The summed E-state index contributed by atoms with van der Waals surface area (Å²) in [6.45, 7) is 11.2. The van der Waals surface area contributed by atoms with Crippen molar-refractivity contribution in [3.05, 3.63) is 18.3 Å². The summed E-state index contributed by atoms with van der Waals surface area (Å²) in [5.74, 6) is 1.16. The van der Waals surface area contributed by atoms with Crippen LogP contribution in [0.15, 0.2) is 18.3 Å². The third kappa shape index (κ3) is 5.14. The fourth-order valence-corrected chi connectivity index (χ4v) is 3.23. The Labute approximate surface area is 133 Å². The van der Waals surface area contributed by atoms with Gasteiger partial charge in [0, 0.05) is 38.8 Å². The third-order valence-electron chi connectivity index (χ3n) is 4.09. The summed E-state index contributed by atoms with van der Waals surface area (Å²) in [4.78, 5) is 9.13. The lowest BCUT2D eigenvalue weighted by atomic mass is 9.94. The number of aliphatic hydroxyl groups is 1. The van der Waals surface area contributed by atoms with Gasteiger partial charge in [0.25, 0.3) is 0 Å². The second kappa shape index (κ2) is 7.29. The molecule has 1 aromatic rings. The summed E-state index contributed by atoms with van der Waals surface area (Å²) in [5.41, 5.74) is 0.584. The second-order valence-corrected chi connectivity index (χ2v) is 6.97. The van der Waals surface area contributed by atoms with E-state index in [0.717, 1.165) is 44.8 Å². The molecule has 0 bridgehead atoms. The van der Waals surface area contributed by atoms with E-state index in [1.54, 1.807) is 7.11 Å². The van der Waals surface area contributed by atoms with E-state index < -0.39 is 5.60 Å². The van der Waals surface area contributed by atoms with Crippen LogP contribution in [0.5, 0.6) is 5.88 Å². The van der Waals surface area contributed by atoms with Gasteiger partial charge in [0.1, 0.15) is 0 Å². The maximum atomic E-state index is 9.91. The van der Waals surface area contributed by atoms with Gasteiger partial charge in [-0.15, -0.1) is 0 Å². The van der Waals surface area contributed by atoms with E-state index in [1.807, 2.05) is 26.1 Å². The molecule has 124 valence electrons. The topological polar surface area (TPSA) is 48.8 Å². The molecule has 1 saturated heterocycles. The molecule has 1 aliphatic rings. The number of ether oxygens (including phenoxy) is 1. The molecule has 0 spiro atoms. The quantitative estimate of drug-likeness (QED) is 0.871. The van der Waals surface area contributed by atoms with Crippen molar-refractivity contribution < 1.29 is 9.84 Å². The number of piperazine rings is 1. The summed E-state index contributed by atoms with van der Waals surface area (Å²) in [5, 5.41) is 9.91. The molecular weight excluding hydrogens is 278 g/mol. The molecule has 1 aliphatic heterocycles. The second-order valence-electron chi connectivity index (χ2n) is 6.97.